The maximum absolute atomic E-state index is 11.6. The highest BCUT2D eigenvalue weighted by Gasteiger charge is 2.29. The molecule has 1 N–H and O–H groups in total. The molecule has 0 aliphatic heterocycles. The van der Waals surface area contributed by atoms with Gasteiger partial charge in [0.2, 0.25) is 0 Å². The largest absolute Gasteiger partial charge is 0.489 e. The van der Waals surface area contributed by atoms with Gasteiger partial charge in [-0.3, -0.25) is 0 Å². The first kappa shape index (κ1) is 14.8. The van der Waals surface area contributed by atoms with Crippen LogP contribution >= 0.6 is 0 Å². The quantitative estimate of drug-likeness (QED) is 0.905. The Bertz CT molecular complexity index is 581. The van der Waals surface area contributed by atoms with Crippen LogP contribution < -0.4 is 4.74 Å². The van der Waals surface area contributed by atoms with E-state index in [2.05, 4.69) is 4.98 Å². The summed E-state index contributed by atoms with van der Waals surface area (Å²) < 4.78 is 28.8. The van der Waals surface area contributed by atoms with Crippen LogP contribution in [0.15, 0.2) is 18.3 Å². The third kappa shape index (κ3) is 3.69. The molecule has 7 heteroatoms. The van der Waals surface area contributed by atoms with Crippen LogP contribution in [0.4, 0.5) is 0 Å². The number of nitrogens with zero attached hydrogens (tertiary/aromatic N) is 1. The summed E-state index contributed by atoms with van der Waals surface area (Å²) in [6.07, 6.45) is 5.20. The van der Waals surface area contributed by atoms with Crippen LogP contribution in [0.3, 0.4) is 0 Å². The SMILES string of the molecule is CS(=O)(=O)C1CCCC(Oc2ccc(C(=O)O)nc2)C1. The number of sulfone groups is 1. The van der Waals surface area contributed by atoms with Gasteiger partial charge in [0.05, 0.1) is 11.4 Å². The number of aromatic nitrogens is 1. The monoisotopic (exact) mass is 299 g/mol. The molecular formula is C13H17NO5S. The summed E-state index contributed by atoms with van der Waals surface area (Å²) in [7, 11) is -3.04. The van der Waals surface area contributed by atoms with E-state index < -0.39 is 15.8 Å². The zero-order chi connectivity index (χ0) is 14.8. The van der Waals surface area contributed by atoms with Crippen molar-refractivity contribution in [1.82, 2.24) is 4.98 Å². The van der Waals surface area contributed by atoms with Crippen molar-refractivity contribution in [3.05, 3.63) is 24.0 Å². The Labute approximate surface area is 117 Å². The molecule has 1 fully saturated rings. The lowest BCUT2D eigenvalue weighted by molar-refractivity contribution is 0.0690. The molecule has 1 aliphatic rings. The van der Waals surface area contributed by atoms with Gasteiger partial charge in [0.15, 0.2) is 0 Å². The zero-order valence-corrected chi connectivity index (χ0v) is 12.0. The van der Waals surface area contributed by atoms with Gasteiger partial charge in [0, 0.05) is 12.7 Å². The van der Waals surface area contributed by atoms with Gasteiger partial charge in [0.25, 0.3) is 0 Å². The molecule has 1 heterocycles. The summed E-state index contributed by atoms with van der Waals surface area (Å²) in [5, 5.41) is 8.40. The number of pyridine rings is 1. The standard InChI is InChI=1S/C13H17NO5S/c1-20(17,18)11-4-2-3-9(7-11)19-10-5-6-12(13(15)16)14-8-10/h5-6,8-9,11H,2-4,7H2,1H3,(H,15,16). The number of aromatic carboxylic acids is 1. The van der Waals surface area contributed by atoms with Crippen molar-refractivity contribution in [3.8, 4) is 5.75 Å². The summed E-state index contributed by atoms with van der Waals surface area (Å²) in [5.41, 5.74) is -0.0463. The topological polar surface area (TPSA) is 93.6 Å². The van der Waals surface area contributed by atoms with E-state index in [-0.39, 0.29) is 17.0 Å². The van der Waals surface area contributed by atoms with Crippen LogP contribution in [0.25, 0.3) is 0 Å². The summed E-state index contributed by atoms with van der Waals surface area (Å²) in [4.78, 5) is 14.5. The molecule has 0 radical (unpaired) electrons. The van der Waals surface area contributed by atoms with E-state index in [9.17, 15) is 13.2 Å². The fourth-order valence-electron chi connectivity index (χ4n) is 2.37. The van der Waals surface area contributed by atoms with E-state index in [1.54, 1.807) is 6.07 Å². The number of hydrogen-bond donors (Lipinski definition) is 1. The Morgan fingerprint density at radius 2 is 2.15 bits per heavy atom. The molecule has 0 aromatic carbocycles. The highest BCUT2D eigenvalue weighted by Crippen LogP contribution is 2.27. The molecule has 20 heavy (non-hydrogen) atoms. The van der Waals surface area contributed by atoms with Gasteiger partial charge in [-0.2, -0.15) is 0 Å². The lowest BCUT2D eigenvalue weighted by atomic mass is 9.97. The minimum Gasteiger partial charge on any atom is -0.489 e. The second-order valence-corrected chi connectivity index (χ2v) is 7.37. The van der Waals surface area contributed by atoms with Gasteiger partial charge in [-0.1, -0.05) is 0 Å². The first-order valence-electron chi connectivity index (χ1n) is 6.41. The summed E-state index contributed by atoms with van der Waals surface area (Å²) in [6, 6.07) is 2.91. The van der Waals surface area contributed by atoms with E-state index >= 15 is 0 Å². The Kier molecular flexibility index (Phi) is 4.27. The Balaban J connectivity index is 2.01. The molecule has 0 spiro atoms. The van der Waals surface area contributed by atoms with E-state index in [1.165, 1.54) is 18.5 Å². The molecule has 0 saturated heterocycles. The average Bonchev–Trinajstić information content (AvgIpc) is 2.38. The first-order chi connectivity index (χ1) is 9.36. The van der Waals surface area contributed by atoms with Crippen LogP contribution in [-0.4, -0.2) is 42.1 Å². The van der Waals surface area contributed by atoms with Crippen LogP contribution in [0.5, 0.6) is 5.75 Å². The highest BCUT2D eigenvalue weighted by atomic mass is 32.2. The van der Waals surface area contributed by atoms with Crippen molar-refractivity contribution < 1.29 is 23.1 Å². The van der Waals surface area contributed by atoms with Crippen molar-refractivity contribution in [2.75, 3.05) is 6.26 Å². The number of ether oxygens (including phenoxy) is 1. The normalized spacial score (nSPS) is 23.2. The van der Waals surface area contributed by atoms with E-state index in [0.29, 0.717) is 18.6 Å². The summed E-state index contributed by atoms with van der Waals surface area (Å²) in [5.74, 6) is -0.625. The van der Waals surface area contributed by atoms with Gasteiger partial charge in [-0.15, -0.1) is 0 Å². The lowest BCUT2D eigenvalue weighted by Crippen LogP contribution is -2.33. The van der Waals surface area contributed by atoms with Crippen LogP contribution in [0, 0.1) is 0 Å². The second kappa shape index (κ2) is 5.78. The van der Waals surface area contributed by atoms with Gasteiger partial charge < -0.3 is 9.84 Å². The van der Waals surface area contributed by atoms with Crippen molar-refractivity contribution in [2.45, 2.75) is 37.0 Å². The van der Waals surface area contributed by atoms with Gasteiger partial charge >= 0.3 is 5.97 Å². The summed E-state index contributed by atoms with van der Waals surface area (Å²) >= 11 is 0. The molecule has 0 amide bonds. The van der Waals surface area contributed by atoms with Crippen molar-refractivity contribution in [3.63, 3.8) is 0 Å². The Hall–Kier alpha value is -1.63. The smallest absolute Gasteiger partial charge is 0.354 e. The maximum atomic E-state index is 11.6. The Morgan fingerprint density at radius 1 is 1.40 bits per heavy atom. The zero-order valence-electron chi connectivity index (χ0n) is 11.2. The number of carbonyl (C=O) groups is 1. The van der Waals surface area contributed by atoms with Crippen molar-refractivity contribution >= 4 is 15.8 Å². The van der Waals surface area contributed by atoms with Gasteiger partial charge in [-0.25, -0.2) is 18.2 Å². The molecule has 2 rings (SSSR count). The molecule has 1 aromatic rings. The molecule has 110 valence electrons. The highest BCUT2D eigenvalue weighted by molar-refractivity contribution is 7.91. The second-order valence-electron chi connectivity index (χ2n) is 5.04. The first-order valence-corrected chi connectivity index (χ1v) is 8.36. The minimum atomic E-state index is -3.04. The van der Waals surface area contributed by atoms with Crippen LogP contribution in [0.1, 0.15) is 36.2 Å². The minimum absolute atomic E-state index is 0.0463. The third-order valence-electron chi connectivity index (χ3n) is 3.44. The lowest BCUT2D eigenvalue weighted by Gasteiger charge is -2.28. The molecule has 2 unspecified atom stereocenters. The van der Waals surface area contributed by atoms with Gasteiger partial charge in [-0.05, 0) is 31.4 Å². The van der Waals surface area contributed by atoms with E-state index in [1.807, 2.05) is 0 Å². The molecule has 2 atom stereocenters. The fraction of sp³-hybridized carbons (Fsp3) is 0.538. The average molecular weight is 299 g/mol. The molecule has 1 saturated carbocycles. The van der Waals surface area contributed by atoms with E-state index in [0.717, 1.165) is 12.8 Å². The van der Waals surface area contributed by atoms with Crippen LogP contribution in [-0.2, 0) is 9.84 Å². The maximum Gasteiger partial charge on any atom is 0.354 e. The van der Waals surface area contributed by atoms with Crippen molar-refractivity contribution in [2.24, 2.45) is 0 Å². The third-order valence-corrected chi connectivity index (χ3v) is 5.08. The van der Waals surface area contributed by atoms with Crippen LogP contribution in [0.2, 0.25) is 0 Å². The number of hydrogen-bond acceptors (Lipinski definition) is 5. The van der Waals surface area contributed by atoms with Crippen molar-refractivity contribution in [1.29, 1.82) is 0 Å². The number of carboxylic acids is 1. The van der Waals surface area contributed by atoms with Gasteiger partial charge in [0.1, 0.15) is 27.4 Å². The fourth-order valence-corrected chi connectivity index (χ4v) is 3.53. The molecule has 0 bridgehead atoms. The molecule has 1 aromatic heterocycles. The predicted octanol–water partition coefficient (Wildman–Crippen LogP) is 1.51. The number of carboxylic acid groups (broad SMARTS) is 1. The Morgan fingerprint density at radius 3 is 2.70 bits per heavy atom. The molecule has 1 aliphatic carbocycles. The molecular weight excluding hydrogens is 282 g/mol. The molecule has 6 nitrogen and oxygen atoms in total. The van der Waals surface area contributed by atoms with E-state index in [4.69, 9.17) is 9.84 Å². The number of rotatable bonds is 4. The predicted molar refractivity (Wildman–Crippen MR) is 72.7 cm³/mol. The summed E-state index contributed by atoms with van der Waals surface area (Å²) in [6.45, 7) is 0.